The Kier molecular flexibility index (Phi) is 6.12. The fourth-order valence-electron chi connectivity index (χ4n) is 6.31. The number of hydrogen-bond donors (Lipinski definition) is 2. The largest absolute Gasteiger partial charge is 0.390 e. The van der Waals surface area contributed by atoms with Gasteiger partial charge in [0.15, 0.2) is 0 Å². The number of carbonyl (C=O) groups is 1. The molecule has 2 N–H and O–H groups in total. The average Bonchev–Trinajstić information content (AvgIpc) is 3.52. The number of rotatable bonds is 6. The Labute approximate surface area is 213 Å². The topological polar surface area (TPSA) is 70.4 Å². The Morgan fingerprint density at radius 1 is 1.11 bits per heavy atom. The summed E-state index contributed by atoms with van der Waals surface area (Å²) in [4.78, 5) is 19.6. The highest BCUT2D eigenvalue weighted by Crippen LogP contribution is 2.35. The third-order valence-electron chi connectivity index (χ3n) is 8.31. The molecule has 1 aromatic heterocycles. The van der Waals surface area contributed by atoms with Gasteiger partial charge in [0.05, 0.1) is 23.2 Å². The number of aryl methyl sites for hydroxylation is 1. The second-order valence-corrected chi connectivity index (χ2v) is 11.7. The Morgan fingerprint density at radius 3 is 2.67 bits per heavy atom. The van der Waals surface area contributed by atoms with Gasteiger partial charge in [0.1, 0.15) is 5.82 Å². The number of hydrogen-bond acceptors (Lipinski definition) is 4. The molecular formula is C30H38N4O2. The van der Waals surface area contributed by atoms with Crippen LogP contribution in [-0.4, -0.2) is 51.2 Å². The van der Waals surface area contributed by atoms with Crippen LogP contribution in [0.25, 0.3) is 11.0 Å². The highest BCUT2D eigenvalue weighted by atomic mass is 16.3. The van der Waals surface area contributed by atoms with Gasteiger partial charge in [-0.2, -0.15) is 0 Å². The second kappa shape index (κ2) is 9.31. The molecule has 3 atom stereocenters. The summed E-state index contributed by atoms with van der Waals surface area (Å²) >= 11 is 0. The van der Waals surface area contributed by atoms with Crippen LogP contribution in [0.4, 0.5) is 5.69 Å². The summed E-state index contributed by atoms with van der Waals surface area (Å²) in [5, 5.41) is 14.4. The molecule has 2 heterocycles. The molecule has 190 valence electrons. The van der Waals surface area contributed by atoms with E-state index in [1.54, 1.807) is 0 Å². The smallest absolute Gasteiger partial charge is 0.227 e. The summed E-state index contributed by atoms with van der Waals surface area (Å²) in [5.74, 6) is 2.33. The van der Waals surface area contributed by atoms with Crippen molar-refractivity contribution in [1.29, 1.82) is 0 Å². The number of imidazole rings is 1. The third-order valence-corrected chi connectivity index (χ3v) is 8.31. The minimum absolute atomic E-state index is 0.0600. The van der Waals surface area contributed by atoms with Crippen molar-refractivity contribution in [2.75, 3.05) is 25.0 Å². The molecule has 2 aromatic carbocycles. The van der Waals surface area contributed by atoms with E-state index in [0.29, 0.717) is 18.4 Å². The van der Waals surface area contributed by atoms with Gasteiger partial charge in [-0.05, 0) is 85.9 Å². The lowest BCUT2D eigenvalue weighted by Crippen LogP contribution is -2.46. The van der Waals surface area contributed by atoms with Gasteiger partial charge in [-0.1, -0.05) is 26.0 Å². The van der Waals surface area contributed by atoms with Crippen molar-refractivity contribution in [3.8, 4) is 0 Å². The van der Waals surface area contributed by atoms with E-state index in [2.05, 4.69) is 72.0 Å². The summed E-state index contributed by atoms with van der Waals surface area (Å²) in [6.07, 6.45) is 4.68. The van der Waals surface area contributed by atoms with Crippen molar-refractivity contribution in [1.82, 2.24) is 14.5 Å². The van der Waals surface area contributed by atoms with Crippen LogP contribution in [0.2, 0.25) is 0 Å². The summed E-state index contributed by atoms with van der Waals surface area (Å²) in [6.45, 7) is 9.17. The van der Waals surface area contributed by atoms with Crippen LogP contribution in [0, 0.1) is 18.8 Å². The number of aliphatic hydroxyl groups excluding tert-OH is 1. The van der Waals surface area contributed by atoms with E-state index in [0.717, 1.165) is 67.7 Å². The van der Waals surface area contributed by atoms with Gasteiger partial charge < -0.3 is 19.9 Å². The van der Waals surface area contributed by atoms with E-state index in [4.69, 9.17) is 4.98 Å². The van der Waals surface area contributed by atoms with Gasteiger partial charge in [0.2, 0.25) is 5.91 Å². The molecule has 0 spiro atoms. The summed E-state index contributed by atoms with van der Waals surface area (Å²) < 4.78 is 2.32. The van der Waals surface area contributed by atoms with Crippen molar-refractivity contribution in [2.45, 2.75) is 70.9 Å². The lowest BCUT2D eigenvalue weighted by molar-refractivity contribution is -0.117. The maximum Gasteiger partial charge on any atom is 0.227 e. The second-order valence-electron chi connectivity index (χ2n) is 11.7. The Balaban J connectivity index is 1.11. The van der Waals surface area contributed by atoms with Crippen molar-refractivity contribution < 1.29 is 9.90 Å². The first-order valence-corrected chi connectivity index (χ1v) is 13.7. The fourth-order valence-corrected chi connectivity index (χ4v) is 6.31. The molecule has 6 nitrogen and oxygen atoms in total. The first-order valence-electron chi connectivity index (χ1n) is 13.7. The number of nitrogens with one attached hydrogen (secondary N) is 1. The third kappa shape index (κ3) is 4.57. The van der Waals surface area contributed by atoms with Crippen molar-refractivity contribution in [2.24, 2.45) is 11.8 Å². The number of benzene rings is 2. The predicted octanol–water partition coefficient (Wildman–Crippen LogP) is 4.84. The zero-order valence-corrected chi connectivity index (χ0v) is 21.7. The van der Waals surface area contributed by atoms with E-state index in [-0.39, 0.29) is 17.9 Å². The molecule has 0 unspecified atom stereocenters. The first kappa shape index (κ1) is 23.7. The van der Waals surface area contributed by atoms with Crippen LogP contribution >= 0.6 is 0 Å². The molecule has 6 rings (SSSR count). The highest BCUT2D eigenvalue weighted by Gasteiger charge is 2.34. The SMILES string of the molecule is Cc1ccc2c(c1)nc(C(C)C)n2[C@@H]1CCN(C[C@H]2Cc3ccc(NC(=O)C4CC4)cc3C2)C[C@H]1O. The zero-order chi connectivity index (χ0) is 25.0. The number of piperidine rings is 1. The lowest BCUT2D eigenvalue weighted by Gasteiger charge is -2.38. The van der Waals surface area contributed by atoms with E-state index in [9.17, 15) is 9.90 Å². The van der Waals surface area contributed by atoms with Gasteiger partial charge >= 0.3 is 0 Å². The van der Waals surface area contributed by atoms with Gasteiger partial charge in [0, 0.05) is 37.2 Å². The van der Waals surface area contributed by atoms with Crippen LogP contribution < -0.4 is 5.32 Å². The maximum atomic E-state index is 12.1. The van der Waals surface area contributed by atoms with E-state index >= 15 is 0 Å². The minimum atomic E-state index is -0.414. The van der Waals surface area contributed by atoms with Crippen LogP contribution in [0.5, 0.6) is 0 Å². The Morgan fingerprint density at radius 2 is 1.92 bits per heavy atom. The van der Waals surface area contributed by atoms with Gasteiger partial charge in [0.25, 0.3) is 0 Å². The van der Waals surface area contributed by atoms with Crippen LogP contribution in [0.1, 0.15) is 67.6 Å². The maximum absolute atomic E-state index is 12.1. The molecule has 1 saturated carbocycles. The van der Waals surface area contributed by atoms with Crippen LogP contribution in [0.3, 0.4) is 0 Å². The standard InChI is InChI=1S/C30H38N4O2/c1-18(2)29-32-25-12-19(3)4-9-26(25)34(29)27-10-11-33(17-28(27)35)16-20-13-22-7-8-24(15-23(22)14-20)31-30(36)21-5-6-21/h4,7-9,12,15,18,20-21,27-28,35H,5-6,10-11,13-14,16-17H2,1-3H3,(H,31,36)/t20-,27+,28+/m0/s1. The molecular weight excluding hydrogens is 448 g/mol. The Hall–Kier alpha value is -2.70. The van der Waals surface area contributed by atoms with E-state index in [1.165, 1.54) is 16.7 Å². The molecule has 6 heteroatoms. The van der Waals surface area contributed by atoms with Crippen molar-refractivity contribution >= 4 is 22.6 Å². The molecule has 0 bridgehead atoms. The number of fused-ring (bicyclic) bond motifs is 2. The minimum Gasteiger partial charge on any atom is -0.390 e. The first-order chi connectivity index (χ1) is 17.4. The predicted molar refractivity (Wildman–Crippen MR) is 143 cm³/mol. The lowest BCUT2D eigenvalue weighted by atomic mass is 9.98. The molecule has 2 aliphatic carbocycles. The summed E-state index contributed by atoms with van der Waals surface area (Å²) in [6, 6.07) is 12.9. The number of aliphatic hydroxyl groups is 1. The Bertz CT molecular complexity index is 1290. The normalized spacial score (nSPS) is 24.4. The average molecular weight is 487 g/mol. The molecule has 0 radical (unpaired) electrons. The monoisotopic (exact) mass is 486 g/mol. The quantitative estimate of drug-likeness (QED) is 0.523. The van der Waals surface area contributed by atoms with Gasteiger partial charge in [-0.3, -0.25) is 4.79 Å². The van der Waals surface area contributed by atoms with E-state index < -0.39 is 6.10 Å². The number of nitrogens with zero attached hydrogens (tertiary/aromatic N) is 3. The summed E-state index contributed by atoms with van der Waals surface area (Å²) in [5.41, 5.74) is 7.09. The number of β-amino-alcohol motifs (C(OH)–C–C–N with tert-alkyl or cyclic N) is 1. The molecule has 3 aliphatic rings. The molecule has 1 amide bonds. The van der Waals surface area contributed by atoms with Crippen molar-refractivity contribution in [3.05, 3.63) is 58.9 Å². The fraction of sp³-hybridized carbons (Fsp3) is 0.533. The number of aromatic nitrogens is 2. The van der Waals surface area contributed by atoms with Crippen LogP contribution in [-0.2, 0) is 17.6 Å². The number of anilines is 1. The molecule has 1 aliphatic heterocycles. The summed E-state index contributed by atoms with van der Waals surface area (Å²) in [7, 11) is 0. The number of carbonyl (C=O) groups excluding carboxylic acids is 1. The van der Waals surface area contributed by atoms with Crippen molar-refractivity contribution in [3.63, 3.8) is 0 Å². The molecule has 36 heavy (non-hydrogen) atoms. The number of likely N-dealkylation sites (tertiary alicyclic amines) is 1. The molecule has 2 fully saturated rings. The van der Waals surface area contributed by atoms with E-state index in [1.807, 2.05) is 0 Å². The van der Waals surface area contributed by atoms with Gasteiger partial charge in [-0.15, -0.1) is 0 Å². The molecule has 3 aromatic rings. The molecule has 1 saturated heterocycles. The highest BCUT2D eigenvalue weighted by molar-refractivity contribution is 5.94. The zero-order valence-electron chi connectivity index (χ0n) is 21.7. The van der Waals surface area contributed by atoms with Crippen LogP contribution in [0.15, 0.2) is 36.4 Å². The number of amides is 1. The van der Waals surface area contributed by atoms with Gasteiger partial charge in [-0.25, -0.2) is 4.98 Å².